The van der Waals surface area contributed by atoms with Crippen molar-refractivity contribution in [2.24, 2.45) is 0 Å². The summed E-state index contributed by atoms with van der Waals surface area (Å²) < 4.78 is 44.6. The predicted molar refractivity (Wildman–Crippen MR) is 149 cm³/mol. The third-order valence-corrected chi connectivity index (χ3v) is 8.60. The van der Waals surface area contributed by atoms with Crippen LogP contribution in [-0.2, 0) is 16.3 Å². The number of ether oxygens (including phenoxy) is 1. The van der Waals surface area contributed by atoms with Crippen LogP contribution in [0.3, 0.4) is 0 Å². The van der Waals surface area contributed by atoms with Crippen LogP contribution in [-0.4, -0.2) is 54.2 Å². The van der Waals surface area contributed by atoms with Gasteiger partial charge >= 0.3 is 0 Å². The Labute approximate surface area is 237 Å². The minimum Gasteiger partial charge on any atom is -0.490 e. The molecule has 2 aromatic carbocycles. The number of aromatic nitrogens is 2. The van der Waals surface area contributed by atoms with E-state index in [1.165, 1.54) is 48.3 Å². The number of aryl methyl sites for hydroxylation is 1. The van der Waals surface area contributed by atoms with Crippen molar-refractivity contribution < 1.29 is 27.1 Å². The van der Waals surface area contributed by atoms with Crippen molar-refractivity contribution >= 4 is 21.5 Å². The molecule has 10 heteroatoms. The molecular weight excluding hydrogens is 545 g/mol. The van der Waals surface area contributed by atoms with Gasteiger partial charge in [-0.3, -0.25) is 14.6 Å². The van der Waals surface area contributed by atoms with Gasteiger partial charge in [0, 0.05) is 44.7 Å². The van der Waals surface area contributed by atoms with E-state index in [9.17, 15) is 22.4 Å². The lowest BCUT2D eigenvalue weighted by Gasteiger charge is -2.32. The maximum absolute atomic E-state index is 13.2. The molecule has 1 amide bonds. The number of amides is 1. The molecule has 0 bridgehead atoms. The van der Waals surface area contributed by atoms with Crippen molar-refractivity contribution in [2.75, 3.05) is 13.1 Å². The number of nitrogens with zero attached hydrogens (tertiary/aromatic N) is 3. The Hall–Kier alpha value is -4.44. The van der Waals surface area contributed by atoms with Gasteiger partial charge in [-0.2, -0.15) is 0 Å². The van der Waals surface area contributed by atoms with Crippen molar-refractivity contribution in [3.8, 4) is 5.75 Å². The maximum atomic E-state index is 13.2. The van der Waals surface area contributed by atoms with Gasteiger partial charge in [0.15, 0.2) is 10.8 Å². The number of benzene rings is 2. The van der Waals surface area contributed by atoms with Crippen LogP contribution in [0.15, 0.2) is 95.1 Å². The van der Waals surface area contributed by atoms with Gasteiger partial charge in [-0.1, -0.05) is 23.8 Å². The summed E-state index contributed by atoms with van der Waals surface area (Å²) in [5, 5.41) is -0.202. The molecule has 1 saturated heterocycles. The van der Waals surface area contributed by atoms with Gasteiger partial charge in [0.1, 0.15) is 23.4 Å². The van der Waals surface area contributed by atoms with E-state index >= 15 is 0 Å². The van der Waals surface area contributed by atoms with Crippen molar-refractivity contribution in [3.05, 3.63) is 113 Å². The average Bonchev–Trinajstić information content (AvgIpc) is 2.99. The maximum Gasteiger partial charge on any atom is 0.255 e. The second-order valence-corrected chi connectivity index (χ2v) is 11.8. The summed E-state index contributed by atoms with van der Waals surface area (Å²) in [6.45, 7) is 3.16. The molecule has 1 aliphatic rings. The average molecular weight is 574 g/mol. The SMILES string of the molecule is Cc1ccc(OC2CCN(C(=O)c3ccc(C(=O)Cc4ccc(S(=O)(=O)c5ccc(F)cc5)nc4)nc3)CC2)cc1. The van der Waals surface area contributed by atoms with E-state index in [4.69, 9.17) is 4.74 Å². The molecule has 3 heterocycles. The zero-order chi connectivity index (χ0) is 29.0. The van der Waals surface area contributed by atoms with Crippen LogP contribution in [0.5, 0.6) is 5.75 Å². The molecule has 0 saturated carbocycles. The number of likely N-dealkylation sites (tertiary alicyclic amines) is 1. The molecular formula is C31H28FN3O5S. The van der Waals surface area contributed by atoms with E-state index in [0.717, 1.165) is 30.7 Å². The topological polar surface area (TPSA) is 107 Å². The normalized spacial score (nSPS) is 14.0. The molecule has 210 valence electrons. The minimum absolute atomic E-state index is 0.0430. The van der Waals surface area contributed by atoms with Gasteiger partial charge < -0.3 is 9.64 Å². The number of Topliss-reactive ketones (excluding diaryl/α,β-unsaturated/α-hetero) is 1. The Bertz CT molecular complexity index is 1630. The van der Waals surface area contributed by atoms with Gasteiger partial charge in [-0.25, -0.2) is 17.8 Å². The fraction of sp³-hybridized carbons (Fsp3) is 0.226. The van der Waals surface area contributed by atoms with Crippen LogP contribution >= 0.6 is 0 Å². The van der Waals surface area contributed by atoms with Crippen molar-refractivity contribution in [1.29, 1.82) is 0 Å². The van der Waals surface area contributed by atoms with E-state index in [1.54, 1.807) is 11.0 Å². The summed E-state index contributed by atoms with van der Waals surface area (Å²) in [6, 6.07) is 18.3. The number of sulfone groups is 1. The highest BCUT2D eigenvalue weighted by molar-refractivity contribution is 7.91. The fourth-order valence-corrected chi connectivity index (χ4v) is 5.71. The minimum atomic E-state index is -3.91. The molecule has 4 aromatic rings. The Morgan fingerprint density at radius 2 is 1.61 bits per heavy atom. The molecule has 5 rings (SSSR count). The van der Waals surface area contributed by atoms with E-state index < -0.39 is 15.7 Å². The van der Waals surface area contributed by atoms with E-state index in [-0.39, 0.29) is 39.8 Å². The second-order valence-electron chi connectivity index (χ2n) is 9.92. The highest BCUT2D eigenvalue weighted by Crippen LogP contribution is 2.22. The smallest absolute Gasteiger partial charge is 0.255 e. The molecule has 0 aliphatic carbocycles. The lowest BCUT2D eigenvalue weighted by atomic mass is 10.1. The number of rotatable bonds is 8. The van der Waals surface area contributed by atoms with Crippen LogP contribution in [0, 0.1) is 12.7 Å². The zero-order valence-electron chi connectivity index (χ0n) is 22.4. The fourth-order valence-electron chi connectivity index (χ4n) is 4.54. The Balaban J connectivity index is 1.15. The van der Waals surface area contributed by atoms with Crippen LogP contribution in [0.2, 0.25) is 0 Å². The monoisotopic (exact) mass is 573 g/mol. The number of halogens is 1. The number of pyridine rings is 2. The molecule has 1 fully saturated rings. The summed E-state index contributed by atoms with van der Waals surface area (Å²) in [5.41, 5.74) is 2.26. The standard InChI is InChI=1S/C31H28FN3O5S/c1-21-2-8-25(9-3-21)40-26-14-16-35(17-15-26)31(37)23-5-12-28(33-20-23)29(36)18-22-4-13-30(34-19-22)41(38,39)27-10-6-24(32)7-11-27/h2-13,19-20,26H,14-18H2,1H3. The number of ketones is 1. The van der Waals surface area contributed by atoms with Gasteiger partial charge in [0.2, 0.25) is 9.84 Å². The van der Waals surface area contributed by atoms with Crippen LogP contribution in [0.4, 0.5) is 4.39 Å². The number of piperidine rings is 1. The zero-order valence-corrected chi connectivity index (χ0v) is 23.2. The first-order valence-electron chi connectivity index (χ1n) is 13.2. The summed E-state index contributed by atoms with van der Waals surface area (Å²) >= 11 is 0. The first-order chi connectivity index (χ1) is 19.7. The van der Waals surface area contributed by atoms with Gasteiger partial charge in [-0.05, 0) is 67.1 Å². The van der Waals surface area contributed by atoms with Gasteiger partial charge in [0.05, 0.1) is 10.5 Å². The van der Waals surface area contributed by atoms with Crippen LogP contribution in [0.1, 0.15) is 44.8 Å². The van der Waals surface area contributed by atoms with E-state index in [0.29, 0.717) is 24.2 Å². The van der Waals surface area contributed by atoms with E-state index in [1.807, 2.05) is 31.2 Å². The number of hydrogen-bond donors (Lipinski definition) is 0. The largest absolute Gasteiger partial charge is 0.490 e. The lowest BCUT2D eigenvalue weighted by Crippen LogP contribution is -2.41. The van der Waals surface area contributed by atoms with Crippen molar-refractivity contribution in [2.45, 2.75) is 42.2 Å². The van der Waals surface area contributed by atoms with Crippen molar-refractivity contribution in [3.63, 3.8) is 0 Å². The number of hydrogen-bond acceptors (Lipinski definition) is 7. The van der Waals surface area contributed by atoms with Crippen molar-refractivity contribution in [1.82, 2.24) is 14.9 Å². The third-order valence-electron chi connectivity index (χ3n) is 6.91. The lowest BCUT2D eigenvalue weighted by molar-refractivity contribution is 0.0594. The molecule has 8 nitrogen and oxygen atoms in total. The molecule has 0 spiro atoms. The highest BCUT2D eigenvalue weighted by atomic mass is 32.2. The Morgan fingerprint density at radius 3 is 2.22 bits per heavy atom. The van der Waals surface area contributed by atoms with Crippen LogP contribution in [0.25, 0.3) is 0 Å². The quantitative estimate of drug-likeness (QED) is 0.219. The van der Waals surface area contributed by atoms with Gasteiger partial charge in [-0.15, -0.1) is 0 Å². The first-order valence-corrected chi connectivity index (χ1v) is 14.6. The molecule has 0 atom stereocenters. The summed E-state index contributed by atoms with van der Waals surface area (Å²) in [5.74, 6) is -0.158. The summed E-state index contributed by atoms with van der Waals surface area (Å²) in [6.07, 6.45) is 4.17. The Morgan fingerprint density at radius 1 is 0.902 bits per heavy atom. The molecule has 2 aromatic heterocycles. The molecule has 0 radical (unpaired) electrons. The highest BCUT2D eigenvalue weighted by Gasteiger charge is 2.25. The number of carbonyl (C=O) groups excluding carboxylic acids is 2. The number of carbonyl (C=O) groups is 2. The Kier molecular flexibility index (Phi) is 8.21. The van der Waals surface area contributed by atoms with Gasteiger partial charge in [0.25, 0.3) is 5.91 Å². The predicted octanol–water partition coefficient (Wildman–Crippen LogP) is 4.87. The summed E-state index contributed by atoms with van der Waals surface area (Å²) in [4.78, 5) is 35.7. The molecule has 0 unspecified atom stereocenters. The molecule has 0 N–H and O–H groups in total. The van der Waals surface area contributed by atoms with E-state index in [2.05, 4.69) is 9.97 Å². The third kappa shape index (κ3) is 6.66. The van der Waals surface area contributed by atoms with Crippen LogP contribution < -0.4 is 4.74 Å². The first kappa shape index (κ1) is 28.1. The molecule has 41 heavy (non-hydrogen) atoms. The second kappa shape index (κ2) is 12.0. The molecule has 1 aliphatic heterocycles. The summed E-state index contributed by atoms with van der Waals surface area (Å²) in [7, 11) is -3.91.